The van der Waals surface area contributed by atoms with E-state index in [2.05, 4.69) is 28.3 Å². The molecule has 0 saturated heterocycles. The molecule has 0 aliphatic heterocycles. The first-order valence-electron chi connectivity index (χ1n) is 11.5. The molecule has 8 heteroatoms. The second-order valence-electron chi connectivity index (χ2n) is 8.52. The zero-order valence-corrected chi connectivity index (χ0v) is 19.7. The lowest BCUT2D eigenvalue weighted by molar-refractivity contribution is -0.137. The maximum absolute atomic E-state index is 13.0. The van der Waals surface area contributed by atoms with Gasteiger partial charge in [-0.3, -0.25) is 9.67 Å². The molecule has 0 spiro atoms. The van der Waals surface area contributed by atoms with Gasteiger partial charge in [0.15, 0.2) is 0 Å². The fourth-order valence-corrected chi connectivity index (χ4v) is 3.90. The molecule has 2 aromatic heterocycles. The number of unbranched alkanes of at least 4 members (excludes halogenated alkanes) is 1. The van der Waals surface area contributed by atoms with E-state index in [0.29, 0.717) is 17.9 Å². The predicted octanol–water partition coefficient (Wildman–Crippen LogP) is 6.58. The Kier molecular flexibility index (Phi) is 7.48. The molecule has 4 aromatic rings. The van der Waals surface area contributed by atoms with Gasteiger partial charge >= 0.3 is 6.18 Å². The van der Waals surface area contributed by atoms with Crippen molar-refractivity contribution in [2.75, 3.05) is 0 Å². The Morgan fingerprint density at radius 3 is 2.49 bits per heavy atom. The van der Waals surface area contributed by atoms with Gasteiger partial charge in [0.25, 0.3) is 0 Å². The van der Waals surface area contributed by atoms with Crippen LogP contribution in [0.4, 0.5) is 13.2 Å². The average Bonchev–Trinajstić information content (AvgIpc) is 3.35. The van der Waals surface area contributed by atoms with Gasteiger partial charge in [0.05, 0.1) is 17.5 Å². The first kappa shape index (κ1) is 24.4. The van der Waals surface area contributed by atoms with Crippen molar-refractivity contribution in [3.8, 4) is 17.0 Å². The molecule has 0 atom stereocenters. The van der Waals surface area contributed by atoms with Crippen LogP contribution in [0.3, 0.4) is 0 Å². The van der Waals surface area contributed by atoms with E-state index in [-0.39, 0.29) is 0 Å². The molecule has 2 aromatic carbocycles. The van der Waals surface area contributed by atoms with E-state index in [1.807, 2.05) is 36.0 Å². The van der Waals surface area contributed by atoms with Crippen molar-refractivity contribution in [3.63, 3.8) is 0 Å². The minimum Gasteiger partial charge on any atom is -0.489 e. The number of alkyl halides is 3. The highest BCUT2D eigenvalue weighted by Gasteiger charge is 2.30. The maximum atomic E-state index is 13.0. The van der Waals surface area contributed by atoms with Crippen LogP contribution in [-0.2, 0) is 25.7 Å². The lowest BCUT2D eigenvalue weighted by atomic mass is 10.0. The second-order valence-corrected chi connectivity index (χ2v) is 8.52. The van der Waals surface area contributed by atoms with Gasteiger partial charge in [0.1, 0.15) is 12.4 Å². The zero-order valence-electron chi connectivity index (χ0n) is 19.7. The van der Waals surface area contributed by atoms with Crippen molar-refractivity contribution in [2.45, 2.75) is 52.4 Å². The number of ether oxygens (including phenoxy) is 1. The van der Waals surface area contributed by atoms with Crippen LogP contribution in [0, 0.1) is 13.8 Å². The summed E-state index contributed by atoms with van der Waals surface area (Å²) in [6, 6.07) is 14.9. The molecule has 0 saturated carbocycles. The van der Waals surface area contributed by atoms with Gasteiger partial charge in [0.2, 0.25) is 0 Å². The van der Waals surface area contributed by atoms with Crippen LogP contribution in [0.15, 0.2) is 67.0 Å². The number of rotatable bonds is 9. The molecule has 0 N–H and O–H groups in total. The van der Waals surface area contributed by atoms with Gasteiger partial charge in [-0.2, -0.15) is 13.2 Å². The van der Waals surface area contributed by atoms with Crippen molar-refractivity contribution in [2.24, 2.45) is 0 Å². The van der Waals surface area contributed by atoms with Crippen molar-refractivity contribution < 1.29 is 17.9 Å². The number of hydrogen-bond donors (Lipinski definition) is 0. The molecule has 5 nitrogen and oxygen atoms in total. The zero-order chi connectivity index (χ0) is 24.8. The second kappa shape index (κ2) is 10.7. The van der Waals surface area contributed by atoms with Crippen LogP contribution >= 0.6 is 0 Å². The van der Waals surface area contributed by atoms with Crippen LogP contribution in [0.5, 0.6) is 5.75 Å². The molecule has 0 aliphatic carbocycles. The number of nitrogens with zero attached hydrogens (tertiary/aromatic N) is 4. The van der Waals surface area contributed by atoms with E-state index in [9.17, 15) is 13.2 Å². The smallest absolute Gasteiger partial charge is 0.416 e. The Labute approximate surface area is 202 Å². The van der Waals surface area contributed by atoms with Gasteiger partial charge in [0, 0.05) is 29.6 Å². The molecule has 4 rings (SSSR count). The Bertz CT molecular complexity index is 1270. The largest absolute Gasteiger partial charge is 0.489 e. The van der Waals surface area contributed by atoms with Crippen LogP contribution < -0.4 is 4.74 Å². The third-order valence-corrected chi connectivity index (χ3v) is 5.94. The molecule has 182 valence electrons. The molecular formula is C27H27F3N4O. The maximum Gasteiger partial charge on any atom is 0.416 e. The van der Waals surface area contributed by atoms with Crippen LogP contribution in [0.25, 0.3) is 11.3 Å². The monoisotopic (exact) mass is 480 g/mol. The molecule has 35 heavy (non-hydrogen) atoms. The van der Waals surface area contributed by atoms with Gasteiger partial charge < -0.3 is 4.74 Å². The Hall–Kier alpha value is -3.68. The van der Waals surface area contributed by atoms with Crippen molar-refractivity contribution >= 4 is 0 Å². The summed E-state index contributed by atoms with van der Waals surface area (Å²) in [5, 5.41) is 7.79. The number of hydrogen-bond acceptors (Lipinski definition) is 4. The Morgan fingerprint density at radius 2 is 1.77 bits per heavy atom. The van der Waals surface area contributed by atoms with E-state index in [1.54, 1.807) is 18.3 Å². The molecule has 0 aliphatic rings. The molecule has 0 fully saturated rings. The SMILES string of the molecule is Cc1cc(OCc2ccc(-c3cccc(C(F)(F)F)c3)nc2C)ccc1CCCCn1ccnn1. The van der Waals surface area contributed by atoms with Crippen LogP contribution in [0.2, 0.25) is 0 Å². The fourth-order valence-electron chi connectivity index (χ4n) is 3.90. The first-order chi connectivity index (χ1) is 16.8. The third-order valence-electron chi connectivity index (χ3n) is 5.94. The summed E-state index contributed by atoms with van der Waals surface area (Å²) in [5.74, 6) is 0.773. The average molecular weight is 481 g/mol. The number of pyridine rings is 1. The minimum atomic E-state index is -4.38. The number of aromatic nitrogens is 4. The van der Waals surface area contributed by atoms with E-state index < -0.39 is 11.7 Å². The number of aryl methyl sites for hydroxylation is 4. The number of benzene rings is 2. The molecule has 2 heterocycles. The minimum absolute atomic E-state index is 0.332. The summed E-state index contributed by atoms with van der Waals surface area (Å²) in [7, 11) is 0. The normalized spacial score (nSPS) is 11.6. The van der Waals surface area contributed by atoms with Gasteiger partial charge in [-0.1, -0.05) is 29.5 Å². The quantitative estimate of drug-likeness (QED) is 0.254. The predicted molar refractivity (Wildman–Crippen MR) is 128 cm³/mol. The fraction of sp³-hybridized carbons (Fsp3) is 0.296. The summed E-state index contributed by atoms with van der Waals surface area (Å²) in [4.78, 5) is 4.51. The van der Waals surface area contributed by atoms with Crippen molar-refractivity contribution in [3.05, 3.63) is 94.9 Å². The highest BCUT2D eigenvalue weighted by Crippen LogP contribution is 2.32. The van der Waals surface area contributed by atoms with Crippen LogP contribution in [-0.4, -0.2) is 20.0 Å². The lowest BCUT2D eigenvalue weighted by Gasteiger charge is -2.13. The van der Waals surface area contributed by atoms with Crippen molar-refractivity contribution in [1.82, 2.24) is 20.0 Å². The topological polar surface area (TPSA) is 52.8 Å². The molecular weight excluding hydrogens is 453 g/mol. The van der Waals surface area contributed by atoms with E-state index in [0.717, 1.165) is 54.9 Å². The number of halogens is 3. The van der Waals surface area contributed by atoms with Gasteiger partial charge in [-0.15, -0.1) is 5.10 Å². The van der Waals surface area contributed by atoms with E-state index in [1.165, 1.54) is 17.2 Å². The van der Waals surface area contributed by atoms with Gasteiger partial charge in [-0.25, -0.2) is 0 Å². The molecule has 0 unspecified atom stereocenters. The van der Waals surface area contributed by atoms with Gasteiger partial charge in [-0.05, 0) is 74.6 Å². The highest BCUT2D eigenvalue weighted by molar-refractivity contribution is 5.61. The third kappa shape index (κ3) is 6.47. The summed E-state index contributed by atoms with van der Waals surface area (Å²) >= 11 is 0. The summed E-state index contributed by atoms with van der Waals surface area (Å²) < 4.78 is 46.9. The molecule has 0 radical (unpaired) electrons. The molecule has 0 bridgehead atoms. The van der Waals surface area contributed by atoms with Crippen molar-refractivity contribution in [1.29, 1.82) is 0 Å². The van der Waals surface area contributed by atoms with E-state index >= 15 is 0 Å². The van der Waals surface area contributed by atoms with Crippen LogP contribution in [0.1, 0.15) is 40.8 Å². The Morgan fingerprint density at radius 1 is 0.943 bits per heavy atom. The summed E-state index contributed by atoms with van der Waals surface area (Å²) in [6.45, 7) is 5.11. The first-order valence-corrected chi connectivity index (χ1v) is 11.5. The standard InChI is InChI=1S/C27H27F3N4O/c1-19-16-25(11-9-21(19)6-3-4-14-34-15-13-31-33-34)35-18-23-10-12-26(32-20(23)2)22-7-5-8-24(17-22)27(28,29)30/h5,7-13,15-17H,3-4,6,14,18H2,1-2H3. The molecule has 0 amide bonds. The Balaban J connectivity index is 1.34. The highest BCUT2D eigenvalue weighted by atomic mass is 19.4. The summed E-state index contributed by atoms with van der Waals surface area (Å²) in [6.07, 6.45) is 2.25. The van der Waals surface area contributed by atoms with E-state index in [4.69, 9.17) is 4.74 Å². The lowest BCUT2D eigenvalue weighted by Crippen LogP contribution is -2.05. The summed E-state index contributed by atoms with van der Waals surface area (Å²) in [5.41, 5.74) is 4.33.